The number of hydrogen-bond donors (Lipinski definition) is 1. The third-order valence-electron chi connectivity index (χ3n) is 2.08. The Bertz CT molecular complexity index is 465. The van der Waals surface area contributed by atoms with Crippen molar-refractivity contribution in [3.8, 4) is 11.3 Å². The Labute approximate surface area is 95.4 Å². The van der Waals surface area contributed by atoms with Crippen LogP contribution in [0, 0.1) is 10.5 Å². The Morgan fingerprint density at radius 3 is 2.64 bits per heavy atom. The molecule has 72 valence electrons. The molecule has 2 rings (SSSR count). The monoisotopic (exact) mass is 300 g/mol. The van der Waals surface area contributed by atoms with Gasteiger partial charge in [-0.1, -0.05) is 23.4 Å². The molecule has 0 fully saturated rings. The summed E-state index contributed by atoms with van der Waals surface area (Å²) in [6.07, 6.45) is 0. The molecule has 1 heterocycles. The van der Waals surface area contributed by atoms with E-state index in [9.17, 15) is 0 Å². The second kappa shape index (κ2) is 3.61. The zero-order chi connectivity index (χ0) is 10.1. The summed E-state index contributed by atoms with van der Waals surface area (Å²) in [6, 6.07) is 7.97. The van der Waals surface area contributed by atoms with Crippen LogP contribution in [0.1, 0.15) is 5.56 Å². The van der Waals surface area contributed by atoms with Crippen LogP contribution in [-0.2, 0) is 0 Å². The van der Waals surface area contributed by atoms with E-state index in [0.717, 1.165) is 20.5 Å². The van der Waals surface area contributed by atoms with E-state index < -0.39 is 0 Å². The van der Waals surface area contributed by atoms with Gasteiger partial charge in [-0.2, -0.15) is 0 Å². The van der Waals surface area contributed by atoms with E-state index >= 15 is 0 Å². The molecule has 0 aliphatic heterocycles. The van der Waals surface area contributed by atoms with Gasteiger partial charge in [-0.3, -0.25) is 0 Å². The summed E-state index contributed by atoms with van der Waals surface area (Å²) in [5, 5.41) is 3.73. The molecule has 1 aromatic heterocycles. The summed E-state index contributed by atoms with van der Waals surface area (Å²) < 4.78 is 6.31. The van der Waals surface area contributed by atoms with Crippen molar-refractivity contribution in [3.05, 3.63) is 33.4 Å². The van der Waals surface area contributed by atoms with Gasteiger partial charge < -0.3 is 10.3 Å². The van der Waals surface area contributed by atoms with Gasteiger partial charge in [0.25, 0.3) is 0 Å². The fraction of sp³-hybridized carbons (Fsp3) is 0.100. The molecule has 0 amide bonds. The Hall–Kier alpha value is -1.04. The van der Waals surface area contributed by atoms with E-state index in [4.69, 9.17) is 10.3 Å². The largest absolute Gasteiger partial charge is 0.381 e. The van der Waals surface area contributed by atoms with Crippen LogP contribution >= 0.6 is 22.6 Å². The molecule has 3 nitrogen and oxygen atoms in total. The van der Waals surface area contributed by atoms with Gasteiger partial charge in [0.05, 0.1) is 0 Å². The molecule has 0 aliphatic carbocycles. The first-order valence-electron chi connectivity index (χ1n) is 4.17. The molecule has 0 saturated heterocycles. The SMILES string of the molecule is Cc1c(N)noc1-c1ccccc1I. The van der Waals surface area contributed by atoms with Crippen molar-refractivity contribution in [2.24, 2.45) is 0 Å². The number of anilines is 1. The van der Waals surface area contributed by atoms with Crippen molar-refractivity contribution in [3.63, 3.8) is 0 Å². The molecule has 0 bridgehead atoms. The summed E-state index contributed by atoms with van der Waals surface area (Å²) in [7, 11) is 0. The molecule has 0 saturated carbocycles. The summed E-state index contributed by atoms with van der Waals surface area (Å²) in [4.78, 5) is 0. The fourth-order valence-corrected chi connectivity index (χ4v) is 1.88. The standard InChI is InChI=1S/C10H9IN2O/c1-6-9(14-13-10(6)12)7-4-2-3-5-8(7)11/h2-5H,1H3,(H2,12,13). The molecule has 0 radical (unpaired) electrons. The minimum absolute atomic E-state index is 0.458. The zero-order valence-electron chi connectivity index (χ0n) is 7.62. The van der Waals surface area contributed by atoms with Crippen LogP contribution in [0.15, 0.2) is 28.8 Å². The summed E-state index contributed by atoms with van der Waals surface area (Å²) in [5.74, 6) is 1.21. The third kappa shape index (κ3) is 1.50. The lowest BCUT2D eigenvalue weighted by molar-refractivity contribution is 0.435. The van der Waals surface area contributed by atoms with Crippen molar-refractivity contribution in [1.82, 2.24) is 5.16 Å². The highest BCUT2D eigenvalue weighted by molar-refractivity contribution is 14.1. The van der Waals surface area contributed by atoms with Gasteiger partial charge in [0, 0.05) is 14.7 Å². The lowest BCUT2D eigenvalue weighted by Gasteiger charge is -1.99. The van der Waals surface area contributed by atoms with Crippen molar-refractivity contribution in [1.29, 1.82) is 0 Å². The number of halogens is 1. The second-order valence-electron chi connectivity index (χ2n) is 3.00. The van der Waals surface area contributed by atoms with Crippen LogP contribution in [0.4, 0.5) is 5.82 Å². The number of nitrogens with zero attached hydrogens (tertiary/aromatic N) is 1. The number of benzene rings is 1. The molecule has 0 aliphatic rings. The number of nitrogens with two attached hydrogens (primary N) is 1. The third-order valence-corrected chi connectivity index (χ3v) is 3.02. The van der Waals surface area contributed by atoms with Gasteiger partial charge in [-0.05, 0) is 35.6 Å². The summed E-state index contributed by atoms with van der Waals surface area (Å²) in [6.45, 7) is 1.91. The Kier molecular flexibility index (Phi) is 2.45. The number of aromatic nitrogens is 1. The van der Waals surface area contributed by atoms with Gasteiger partial charge in [0.1, 0.15) is 0 Å². The molecule has 0 unspecified atom stereocenters. The Morgan fingerprint density at radius 2 is 2.07 bits per heavy atom. The molecule has 0 spiro atoms. The van der Waals surface area contributed by atoms with Gasteiger partial charge >= 0.3 is 0 Å². The van der Waals surface area contributed by atoms with Crippen LogP contribution < -0.4 is 5.73 Å². The first kappa shape index (κ1) is 9.51. The van der Waals surface area contributed by atoms with Crippen molar-refractivity contribution in [2.75, 3.05) is 5.73 Å². The topological polar surface area (TPSA) is 52.0 Å². The lowest BCUT2D eigenvalue weighted by atomic mass is 10.1. The van der Waals surface area contributed by atoms with Gasteiger partial charge in [0.15, 0.2) is 11.6 Å². The van der Waals surface area contributed by atoms with E-state index in [1.165, 1.54) is 0 Å². The quantitative estimate of drug-likeness (QED) is 0.824. The highest BCUT2D eigenvalue weighted by Gasteiger charge is 2.13. The Morgan fingerprint density at radius 1 is 1.36 bits per heavy atom. The maximum absolute atomic E-state index is 5.62. The van der Waals surface area contributed by atoms with Crippen molar-refractivity contribution >= 4 is 28.4 Å². The van der Waals surface area contributed by atoms with Crippen LogP contribution in [0.5, 0.6) is 0 Å². The van der Waals surface area contributed by atoms with E-state index in [0.29, 0.717) is 5.82 Å². The molecule has 0 atom stereocenters. The maximum atomic E-state index is 5.62. The summed E-state index contributed by atoms with van der Waals surface area (Å²) >= 11 is 2.26. The molecule has 2 N–H and O–H groups in total. The van der Waals surface area contributed by atoms with E-state index in [1.54, 1.807) is 0 Å². The molecular weight excluding hydrogens is 291 g/mol. The highest BCUT2D eigenvalue weighted by Crippen LogP contribution is 2.30. The maximum Gasteiger partial charge on any atom is 0.173 e. The van der Waals surface area contributed by atoms with Crippen molar-refractivity contribution in [2.45, 2.75) is 6.92 Å². The van der Waals surface area contributed by atoms with Crippen LogP contribution in [0.25, 0.3) is 11.3 Å². The van der Waals surface area contributed by atoms with E-state index in [-0.39, 0.29) is 0 Å². The molecule has 1 aromatic carbocycles. The number of rotatable bonds is 1. The smallest absolute Gasteiger partial charge is 0.173 e. The normalized spacial score (nSPS) is 10.4. The van der Waals surface area contributed by atoms with Gasteiger partial charge in [-0.15, -0.1) is 0 Å². The number of hydrogen-bond acceptors (Lipinski definition) is 3. The minimum atomic E-state index is 0.458. The van der Waals surface area contributed by atoms with Crippen LogP contribution in [0.2, 0.25) is 0 Å². The first-order valence-corrected chi connectivity index (χ1v) is 5.24. The van der Waals surface area contributed by atoms with E-state index in [1.807, 2.05) is 31.2 Å². The average Bonchev–Trinajstić information content (AvgIpc) is 2.49. The molecule has 2 aromatic rings. The Balaban J connectivity index is 2.60. The highest BCUT2D eigenvalue weighted by atomic mass is 127. The van der Waals surface area contributed by atoms with Crippen LogP contribution in [0.3, 0.4) is 0 Å². The minimum Gasteiger partial charge on any atom is -0.381 e. The molecule has 4 heteroatoms. The average molecular weight is 300 g/mol. The van der Waals surface area contributed by atoms with Crippen LogP contribution in [-0.4, -0.2) is 5.16 Å². The van der Waals surface area contributed by atoms with Crippen molar-refractivity contribution < 1.29 is 4.52 Å². The predicted molar refractivity (Wildman–Crippen MR) is 63.8 cm³/mol. The van der Waals surface area contributed by atoms with Gasteiger partial charge in [-0.25, -0.2) is 0 Å². The molecular formula is C10H9IN2O. The zero-order valence-corrected chi connectivity index (χ0v) is 9.78. The summed E-state index contributed by atoms with van der Waals surface area (Å²) in [5.41, 5.74) is 7.55. The van der Waals surface area contributed by atoms with Gasteiger partial charge in [0.2, 0.25) is 0 Å². The first-order chi connectivity index (χ1) is 6.70. The van der Waals surface area contributed by atoms with E-state index in [2.05, 4.69) is 27.7 Å². The predicted octanol–water partition coefficient (Wildman–Crippen LogP) is 2.84. The second-order valence-corrected chi connectivity index (χ2v) is 4.16. The molecule has 14 heavy (non-hydrogen) atoms. The lowest BCUT2D eigenvalue weighted by Crippen LogP contribution is -1.87. The fourth-order valence-electron chi connectivity index (χ4n) is 1.24. The number of nitrogen functional groups attached to an aromatic ring is 1.